The Bertz CT molecular complexity index is 264. The average Bonchev–Trinajstić information content (AvgIpc) is 2.68. The zero-order chi connectivity index (χ0) is 12.2. The van der Waals surface area contributed by atoms with Crippen LogP contribution >= 0.6 is 0 Å². The summed E-state index contributed by atoms with van der Waals surface area (Å²) in [5, 5.41) is 0. The third kappa shape index (κ3) is 2.85. The van der Waals surface area contributed by atoms with Crippen molar-refractivity contribution < 1.29 is 14.3 Å². The van der Waals surface area contributed by atoms with E-state index in [4.69, 9.17) is 9.47 Å². The Balaban J connectivity index is 2.72. The summed E-state index contributed by atoms with van der Waals surface area (Å²) in [6.45, 7) is 8.03. The van der Waals surface area contributed by atoms with Gasteiger partial charge in [0.05, 0.1) is 6.61 Å². The van der Waals surface area contributed by atoms with E-state index in [0.717, 1.165) is 25.7 Å². The van der Waals surface area contributed by atoms with Crippen molar-refractivity contribution in [2.75, 3.05) is 13.7 Å². The lowest BCUT2D eigenvalue weighted by molar-refractivity contribution is -0.162. The molecule has 1 saturated carbocycles. The first-order valence-corrected chi connectivity index (χ1v) is 5.89. The van der Waals surface area contributed by atoms with E-state index in [-0.39, 0.29) is 17.5 Å². The highest BCUT2D eigenvalue weighted by atomic mass is 16.6. The van der Waals surface area contributed by atoms with Gasteiger partial charge in [0.25, 0.3) is 0 Å². The molecule has 0 aromatic rings. The molecule has 0 aromatic heterocycles. The lowest BCUT2D eigenvalue weighted by Crippen LogP contribution is -2.41. The molecule has 0 heterocycles. The molecule has 1 aliphatic carbocycles. The number of hydrogen-bond acceptors (Lipinski definition) is 3. The first-order chi connectivity index (χ1) is 7.52. The molecule has 1 aliphatic rings. The maximum absolute atomic E-state index is 11.7. The molecule has 0 aromatic carbocycles. The van der Waals surface area contributed by atoms with Crippen LogP contribution < -0.4 is 0 Å². The Kier molecular flexibility index (Phi) is 4.54. The molecule has 1 atom stereocenters. The van der Waals surface area contributed by atoms with Crippen molar-refractivity contribution in [1.82, 2.24) is 0 Å². The number of rotatable bonds is 5. The first kappa shape index (κ1) is 13.2. The molecular formula is C13H22O3. The Labute approximate surface area is 97.8 Å². The topological polar surface area (TPSA) is 35.5 Å². The van der Waals surface area contributed by atoms with Crippen LogP contribution in [-0.4, -0.2) is 25.3 Å². The maximum atomic E-state index is 11.7. The molecule has 0 radical (unpaired) electrons. The van der Waals surface area contributed by atoms with Gasteiger partial charge in [0, 0.05) is 18.6 Å². The van der Waals surface area contributed by atoms with Crippen LogP contribution in [0, 0.1) is 5.92 Å². The molecule has 1 fully saturated rings. The fraction of sp³-hybridized carbons (Fsp3) is 0.769. The van der Waals surface area contributed by atoms with Crippen molar-refractivity contribution in [2.24, 2.45) is 5.92 Å². The van der Waals surface area contributed by atoms with Crippen molar-refractivity contribution in [2.45, 2.75) is 45.1 Å². The summed E-state index contributed by atoms with van der Waals surface area (Å²) in [4.78, 5) is 11.7. The first-order valence-electron chi connectivity index (χ1n) is 5.89. The van der Waals surface area contributed by atoms with Crippen molar-refractivity contribution in [3.63, 3.8) is 0 Å². The third-order valence-electron chi connectivity index (χ3n) is 3.41. The summed E-state index contributed by atoms with van der Waals surface area (Å²) in [6.07, 6.45) is 4.13. The second kappa shape index (κ2) is 5.48. The molecule has 3 nitrogen and oxygen atoms in total. The van der Waals surface area contributed by atoms with Crippen LogP contribution in [0.1, 0.15) is 39.5 Å². The molecule has 1 unspecified atom stereocenters. The van der Waals surface area contributed by atoms with E-state index in [1.807, 2.05) is 0 Å². The van der Waals surface area contributed by atoms with Crippen molar-refractivity contribution >= 4 is 5.97 Å². The highest BCUT2D eigenvalue weighted by Gasteiger charge is 2.42. The minimum atomic E-state index is -0.327. The van der Waals surface area contributed by atoms with Gasteiger partial charge in [-0.05, 0) is 32.6 Å². The second-order valence-electron chi connectivity index (χ2n) is 4.80. The molecule has 0 N–H and O–H groups in total. The quantitative estimate of drug-likeness (QED) is 0.534. The zero-order valence-corrected chi connectivity index (χ0v) is 10.5. The van der Waals surface area contributed by atoms with E-state index in [1.54, 1.807) is 14.0 Å². The molecular weight excluding hydrogens is 204 g/mol. The van der Waals surface area contributed by atoms with Gasteiger partial charge in [0.1, 0.15) is 5.60 Å². The standard InChI is InChI=1S/C13H22O3/c1-10(2)12(14)16-13(7-5-6-8-13)11(3)9-15-4/h11H,1,5-9H2,2-4H3. The van der Waals surface area contributed by atoms with E-state index in [2.05, 4.69) is 13.5 Å². The fourth-order valence-electron chi connectivity index (χ4n) is 2.34. The van der Waals surface area contributed by atoms with Gasteiger partial charge in [-0.25, -0.2) is 4.79 Å². The summed E-state index contributed by atoms with van der Waals surface area (Å²) in [6, 6.07) is 0. The molecule has 92 valence electrons. The molecule has 16 heavy (non-hydrogen) atoms. The number of hydrogen-bond donors (Lipinski definition) is 0. The predicted octanol–water partition coefficient (Wildman–Crippen LogP) is 2.70. The smallest absolute Gasteiger partial charge is 0.333 e. The monoisotopic (exact) mass is 226 g/mol. The molecule has 0 aliphatic heterocycles. The van der Waals surface area contributed by atoms with Crippen LogP contribution in [0.2, 0.25) is 0 Å². The predicted molar refractivity (Wildman–Crippen MR) is 63.1 cm³/mol. The molecule has 1 rings (SSSR count). The molecule has 3 heteroatoms. The van der Waals surface area contributed by atoms with Crippen LogP contribution in [0.4, 0.5) is 0 Å². The van der Waals surface area contributed by atoms with Crippen LogP contribution in [0.3, 0.4) is 0 Å². The van der Waals surface area contributed by atoms with E-state index >= 15 is 0 Å². The Hall–Kier alpha value is -0.830. The van der Waals surface area contributed by atoms with Gasteiger partial charge in [-0.3, -0.25) is 0 Å². The van der Waals surface area contributed by atoms with Crippen molar-refractivity contribution in [1.29, 1.82) is 0 Å². The number of ether oxygens (including phenoxy) is 2. The van der Waals surface area contributed by atoms with Gasteiger partial charge in [-0.2, -0.15) is 0 Å². The zero-order valence-electron chi connectivity index (χ0n) is 10.5. The minimum Gasteiger partial charge on any atom is -0.455 e. The molecule has 0 amide bonds. The van der Waals surface area contributed by atoms with E-state index in [1.165, 1.54) is 0 Å². The van der Waals surface area contributed by atoms with E-state index in [0.29, 0.717) is 12.2 Å². The lowest BCUT2D eigenvalue weighted by atomic mass is 9.87. The van der Waals surface area contributed by atoms with Gasteiger partial charge in [0.15, 0.2) is 0 Å². The minimum absolute atomic E-state index is 0.239. The fourth-order valence-corrected chi connectivity index (χ4v) is 2.34. The van der Waals surface area contributed by atoms with Crippen molar-refractivity contribution in [3.05, 3.63) is 12.2 Å². The summed E-state index contributed by atoms with van der Waals surface area (Å²) in [7, 11) is 1.68. The number of esters is 1. The molecule has 0 saturated heterocycles. The summed E-state index contributed by atoms with van der Waals surface area (Å²) < 4.78 is 10.8. The van der Waals surface area contributed by atoms with Crippen LogP contribution in [0.25, 0.3) is 0 Å². The van der Waals surface area contributed by atoms with Gasteiger partial charge in [0.2, 0.25) is 0 Å². The number of carbonyl (C=O) groups is 1. The van der Waals surface area contributed by atoms with Gasteiger partial charge >= 0.3 is 5.97 Å². The second-order valence-corrected chi connectivity index (χ2v) is 4.80. The van der Waals surface area contributed by atoms with Crippen LogP contribution in [0.15, 0.2) is 12.2 Å². The summed E-state index contributed by atoms with van der Waals surface area (Å²) in [5.74, 6) is -0.0341. The van der Waals surface area contributed by atoms with E-state index < -0.39 is 0 Å². The number of methoxy groups -OCH3 is 1. The van der Waals surface area contributed by atoms with Gasteiger partial charge in [-0.1, -0.05) is 13.5 Å². The van der Waals surface area contributed by atoms with Crippen LogP contribution in [0.5, 0.6) is 0 Å². The number of carbonyl (C=O) groups excluding carboxylic acids is 1. The van der Waals surface area contributed by atoms with E-state index in [9.17, 15) is 4.79 Å². The maximum Gasteiger partial charge on any atom is 0.333 e. The summed E-state index contributed by atoms with van der Waals surface area (Å²) >= 11 is 0. The Morgan fingerprint density at radius 1 is 1.44 bits per heavy atom. The lowest BCUT2D eigenvalue weighted by Gasteiger charge is -2.34. The SMILES string of the molecule is C=C(C)C(=O)OC1(C(C)COC)CCCC1. The van der Waals surface area contributed by atoms with Crippen molar-refractivity contribution in [3.8, 4) is 0 Å². The Morgan fingerprint density at radius 2 is 2.00 bits per heavy atom. The largest absolute Gasteiger partial charge is 0.455 e. The van der Waals surface area contributed by atoms with Crippen LogP contribution in [-0.2, 0) is 14.3 Å². The van der Waals surface area contributed by atoms with Gasteiger partial charge in [-0.15, -0.1) is 0 Å². The third-order valence-corrected chi connectivity index (χ3v) is 3.41. The molecule has 0 spiro atoms. The van der Waals surface area contributed by atoms with Gasteiger partial charge < -0.3 is 9.47 Å². The Morgan fingerprint density at radius 3 is 2.44 bits per heavy atom. The normalized spacial score (nSPS) is 20.4. The molecule has 0 bridgehead atoms. The highest BCUT2D eigenvalue weighted by molar-refractivity contribution is 5.87. The summed E-state index contributed by atoms with van der Waals surface area (Å²) in [5.41, 5.74) is 0.141. The average molecular weight is 226 g/mol. The highest BCUT2D eigenvalue weighted by Crippen LogP contribution is 2.40.